The Hall–Kier alpha value is -0.540. The maximum atomic E-state index is 12.0. The highest BCUT2D eigenvalue weighted by molar-refractivity contribution is 9.10. The summed E-state index contributed by atoms with van der Waals surface area (Å²) in [7, 11) is 1.84. The third-order valence-corrected chi connectivity index (χ3v) is 3.97. The van der Waals surface area contributed by atoms with Gasteiger partial charge in [-0.3, -0.25) is 4.79 Å². The van der Waals surface area contributed by atoms with Crippen molar-refractivity contribution in [3.63, 3.8) is 0 Å². The van der Waals surface area contributed by atoms with Gasteiger partial charge in [-0.2, -0.15) is 0 Å². The average molecular weight is 303 g/mol. The summed E-state index contributed by atoms with van der Waals surface area (Å²) in [5.41, 5.74) is 0.649. The van der Waals surface area contributed by atoms with Crippen molar-refractivity contribution in [2.24, 2.45) is 5.92 Å². The van der Waals surface area contributed by atoms with E-state index in [0.717, 1.165) is 11.0 Å². The summed E-state index contributed by atoms with van der Waals surface area (Å²) in [5.74, 6) is 0.751. The number of nitrogens with zero attached hydrogens (tertiary/aromatic N) is 1. The predicted molar refractivity (Wildman–Crippen MR) is 68.8 cm³/mol. The van der Waals surface area contributed by atoms with Crippen LogP contribution in [0.2, 0.25) is 5.02 Å². The summed E-state index contributed by atoms with van der Waals surface area (Å²) in [4.78, 5) is 13.8. The summed E-state index contributed by atoms with van der Waals surface area (Å²) >= 11 is 9.27. The topological polar surface area (TPSA) is 20.3 Å². The number of carbonyl (C=O) groups is 1. The molecule has 1 fully saturated rings. The fraction of sp³-hybridized carbons (Fsp3) is 0.417. The Morgan fingerprint density at radius 2 is 2.25 bits per heavy atom. The van der Waals surface area contributed by atoms with Crippen molar-refractivity contribution in [2.75, 3.05) is 13.6 Å². The molecule has 0 unspecified atom stereocenters. The minimum Gasteiger partial charge on any atom is -0.341 e. The molecule has 1 amide bonds. The minimum atomic E-state index is 0.0429. The van der Waals surface area contributed by atoms with Gasteiger partial charge in [0.2, 0.25) is 0 Å². The van der Waals surface area contributed by atoms with Gasteiger partial charge in [0, 0.05) is 23.6 Å². The molecule has 0 N–H and O–H groups in total. The highest BCUT2D eigenvalue weighted by Gasteiger charge is 2.25. The second-order valence-electron chi connectivity index (χ2n) is 4.26. The second-order valence-corrected chi connectivity index (χ2v) is 5.52. The van der Waals surface area contributed by atoms with Crippen LogP contribution in [0, 0.1) is 5.92 Å². The molecule has 2 nitrogen and oxygen atoms in total. The summed E-state index contributed by atoms with van der Waals surface area (Å²) in [6.45, 7) is 0.854. The van der Waals surface area contributed by atoms with Crippen molar-refractivity contribution in [3.05, 3.63) is 33.3 Å². The third kappa shape index (κ3) is 2.77. The lowest BCUT2D eigenvalue weighted by Gasteiger charge is -2.17. The molecule has 16 heavy (non-hydrogen) atoms. The SMILES string of the molecule is CN(CC1CC1)C(=O)c1ccc(Br)c(Cl)c1. The van der Waals surface area contributed by atoms with Crippen LogP contribution >= 0.6 is 27.5 Å². The first-order valence-electron chi connectivity index (χ1n) is 5.28. The van der Waals surface area contributed by atoms with Crippen LogP contribution in [0.25, 0.3) is 0 Å². The zero-order valence-corrected chi connectivity index (χ0v) is 11.4. The molecule has 4 heteroatoms. The lowest BCUT2D eigenvalue weighted by Crippen LogP contribution is -2.28. The first kappa shape index (κ1) is 11.9. The number of hydrogen-bond acceptors (Lipinski definition) is 1. The zero-order chi connectivity index (χ0) is 11.7. The average Bonchev–Trinajstić information content (AvgIpc) is 3.05. The molecule has 0 aromatic heterocycles. The molecule has 86 valence electrons. The van der Waals surface area contributed by atoms with Crippen LogP contribution in [0.15, 0.2) is 22.7 Å². The van der Waals surface area contributed by atoms with Crippen molar-refractivity contribution in [1.82, 2.24) is 4.90 Å². The molecule has 0 aliphatic heterocycles. The molecule has 1 aromatic carbocycles. The maximum Gasteiger partial charge on any atom is 0.253 e. The molecule has 1 saturated carbocycles. The van der Waals surface area contributed by atoms with E-state index in [9.17, 15) is 4.79 Å². The Kier molecular flexibility index (Phi) is 3.55. The zero-order valence-electron chi connectivity index (χ0n) is 9.04. The molecule has 0 spiro atoms. The van der Waals surface area contributed by atoms with Gasteiger partial charge in [-0.1, -0.05) is 11.6 Å². The lowest BCUT2D eigenvalue weighted by atomic mass is 10.2. The van der Waals surface area contributed by atoms with Crippen molar-refractivity contribution in [3.8, 4) is 0 Å². The van der Waals surface area contributed by atoms with Crippen LogP contribution in [0.4, 0.5) is 0 Å². The highest BCUT2D eigenvalue weighted by Crippen LogP contribution is 2.30. The van der Waals surface area contributed by atoms with Gasteiger partial charge in [-0.15, -0.1) is 0 Å². The Morgan fingerprint density at radius 3 is 2.81 bits per heavy atom. The van der Waals surface area contributed by atoms with Gasteiger partial charge in [0.15, 0.2) is 0 Å². The Bertz CT molecular complexity index is 417. The maximum absolute atomic E-state index is 12.0. The molecule has 0 atom stereocenters. The number of rotatable bonds is 3. The molecular formula is C12H13BrClNO. The van der Waals surface area contributed by atoms with E-state index in [1.165, 1.54) is 12.8 Å². The Labute approximate surface area is 109 Å². The molecule has 0 saturated heterocycles. The van der Waals surface area contributed by atoms with Crippen LogP contribution in [0.3, 0.4) is 0 Å². The van der Waals surface area contributed by atoms with E-state index in [0.29, 0.717) is 16.5 Å². The van der Waals surface area contributed by atoms with Crippen molar-refractivity contribution in [1.29, 1.82) is 0 Å². The smallest absolute Gasteiger partial charge is 0.253 e. The fourth-order valence-electron chi connectivity index (χ4n) is 1.62. The van der Waals surface area contributed by atoms with Crippen LogP contribution in [-0.4, -0.2) is 24.4 Å². The van der Waals surface area contributed by atoms with Crippen LogP contribution in [0.1, 0.15) is 23.2 Å². The summed E-state index contributed by atoms with van der Waals surface area (Å²) in [6.07, 6.45) is 2.50. The third-order valence-electron chi connectivity index (χ3n) is 2.74. The predicted octanol–water partition coefficient (Wildman–Crippen LogP) is 3.58. The summed E-state index contributed by atoms with van der Waals surface area (Å²) < 4.78 is 0.815. The number of halogens is 2. The Balaban J connectivity index is 2.09. The number of hydrogen-bond donors (Lipinski definition) is 0. The highest BCUT2D eigenvalue weighted by atomic mass is 79.9. The number of amides is 1. The van der Waals surface area contributed by atoms with Crippen molar-refractivity contribution >= 4 is 33.4 Å². The van der Waals surface area contributed by atoms with E-state index in [4.69, 9.17) is 11.6 Å². The van der Waals surface area contributed by atoms with E-state index >= 15 is 0 Å². The van der Waals surface area contributed by atoms with E-state index in [1.807, 2.05) is 7.05 Å². The molecule has 0 heterocycles. The van der Waals surface area contributed by atoms with Gasteiger partial charge in [-0.25, -0.2) is 0 Å². The van der Waals surface area contributed by atoms with Crippen LogP contribution in [-0.2, 0) is 0 Å². The monoisotopic (exact) mass is 301 g/mol. The van der Waals surface area contributed by atoms with Gasteiger partial charge in [0.1, 0.15) is 0 Å². The number of carbonyl (C=O) groups excluding carboxylic acids is 1. The van der Waals surface area contributed by atoms with Crippen molar-refractivity contribution < 1.29 is 4.79 Å². The summed E-state index contributed by atoms with van der Waals surface area (Å²) in [6, 6.07) is 5.31. The molecule has 0 radical (unpaired) electrons. The Morgan fingerprint density at radius 1 is 1.56 bits per heavy atom. The molecule has 0 bridgehead atoms. The van der Waals surface area contributed by atoms with Gasteiger partial charge >= 0.3 is 0 Å². The van der Waals surface area contributed by atoms with Gasteiger partial charge < -0.3 is 4.90 Å². The number of benzene rings is 1. The van der Waals surface area contributed by atoms with Gasteiger partial charge in [0.25, 0.3) is 5.91 Å². The molecular weight excluding hydrogens is 289 g/mol. The standard InChI is InChI=1S/C12H13BrClNO/c1-15(7-8-2-3-8)12(16)9-4-5-10(13)11(14)6-9/h4-6,8H,2-3,7H2,1H3. The lowest BCUT2D eigenvalue weighted by molar-refractivity contribution is 0.0788. The van der Waals surface area contributed by atoms with Gasteiger partial charge in [0.05, 0.1) is 5.02 Å². The molecule has 1 aliphatic carbocycles. The minimum absolute atomic E-state index is 0.0429. The quantitative estimate of drug-likeness (QED) is 0.835. The van der Waals surface area contributed by atoms with E-state index in [2.05, 4.69) is 15.9 Å². The first-order valence-corrected chi connectivity index (χ1v) is 6.45. The summed E-state index contributed by atoms with van der Waals surface area (Å²) in [5, 5.41) is 0.575. The van der Waals surface area contributed by atoms with Gasteiger partial charge in [-0.05, 0) is 52.9 Å². The first-order chi connectivity index (χ1) is 7.58. The normalized spacial score (nSPS) is 14.9. The molecule has 1 aromatic rings. The largest absolute Gasteiger partial charge is 0.341 e. The second kappa shape index (κ2) is 4.76. The van der Waals surface area contributed by atoms with E-state index < -0.39 is 0 Å². The fourth-order valence-corrected chi connectivity index (χ4v) is 2.05. The molecule has 2 rings (SSSR count). The van der Waals surface area contributed by atoms with Crippen LogP contribution in [0.5, 0.6) is 0 Å². The van der Waals surface area contributed by atoms with Crippen molar-refractivity contribution in [2.45, 2.75) is 12.8 Å². The van der Waals surface area contributed by atoms with E-state index in [1.54, 1.807) is 23.1 Å². The molecule has 1 aliphatic rings. The van der Waals surface area contributed by atoms with E-state index in [-0.39, 0.29) is 5.91 Å². The van der Waals surface area contributed by atoms with Crippen LogP contribution < -0.4 is 0 Å².